The zero-order valence-corrected chi connectivity index (χ0v) is 11.4. The number of nitro groups is 1. The Hall–Kier alpha value is -1.95. The summed E-state index contributed by atoms with van der Waals surface area (Å²) in [6.45, 7) is 5.36. The molecular formula is C13H20N2O4. The topological polar surface area (TPSA) is 92.5 Å². The molecule has 6 heteroatoms. The van der Waals surface area contributed by atoms with Crippen molar-refractivity contribution in [2.24, 2.45) is 0 Å². The number of carboxylic acid groups (broad SMARTS) is 1. The quantitative estimate of drug-likeness (QED) is 0.484. The number of benzene rings is 1. The molecule has 0 spiro atoms. The number of nitrogens with zero attached hydrogens (tertiary/aromatic N) is 1. The first kappa shape index (κ1) is 17.1. The van der Waals surface area contributed by atoms with E-state index in [4.69, 9.17) is 9.90 Å². The predicted molar refractivity (Wildman–Crippen MR) is 72.6 cm³/mol. The van der Waals surface area contributed by atoms with E-state index in [1.54, 1.807) is 13.8 Å². The Balaban J connectivity index is 0.000000982. The van der Waals surface area contributed by atoms with E-state index in [1.807, 2.05) is 37.3 Å². The number of hydrogen-bond acceptors (Lipinski definition) is 4. The lowest BCUT2D eigenvalue weighted by molar-refractivity contribution is -0.558. The number of carbonyl (C=O) groups is 1. The Morgan fingerprint density at radius 1 is 1.42 bits per heavy atom. The van der Waals surface area contributed by atoms with Crippen molar-refractivity contribution in [3.8, 4) is 0 Å². The van der Waals surface area contributed by atoms with Crippen LogP contribution < -0.4 is 5.32 Å². The summed E-state index contributed by atoms with van der Waals surface area (Å²) in [5, 5.41) is 20.8. The van der Waals surface area contributed by atoms with Crippen molar-refractivity contribution in [2.45, 2.75) is 32.4 Å². The van der Waals surface area contributed by atoms with Gasteiger partial charge in [0.25, 0.3) is 6.47 Å². The highest BCUT2D eigenvalue weighted by Gasteiger charge is 2.30. The van der Waals surface area contributed by atoms with Crippen molar-refractivity contribution in [3.05, 3.63) is 46.0 Å². The SMILES string of the molecule is C[C@@H](NCC(C)(C)[N+](=O)[O-])c1ccccc1.O=CO. The van der Waals surface area contributed by atoms with Crippen molar-refractivity contribution in [1.82, 2.24) is 5.32 Å². The normalized spacial score (nSPS) is 11.9. The zero-order chi connectivity index (χ0) is 14.9. The van der Waals surface area contributed by atoms with E-state index >= 15 is 0 Å². The van der Waals surface area contributed by atoms with Crippen LogP contribution >= 0.6 is 0 Å². The van der Waals surface area contributed by atoms with E-state index in [0.29, 0.717) is 6.54 Å². The van der Waals surface area contributed by atoms with Crippen LogP contribution in [0.5, 0.6) is 0 Å². The maximum atomic E-state index is 10.7. The highest BCUT2D eigenvalue weighted by Crippen LogP contribution is 2.13. The van der Waals surface area contributed by atoms with Gasteiger partial charge >= 0.3 is 0 Å². The first-order valence-corrected chi connectivity index (χ1v) is 5.86. The minimum atomic E-state index is -0.928. The standard InChI is InChI=1S/C12H18N2O2.CH2O2/c1-10(11-7-5-4-6-8-11)13-9-12(2,3)14(15)16;2-1-3/h4-8,10,13H,9H2,1-3H3;1H,(H,2,3)/t10-;/m1./s1. The van der Waals surface area contributed by atoms with Crippen LogP contribution in [0.25, 0.3) is 0 Å². The molecule has 0 fully saturated rings. The van der Waals surface area contributed by atoms with Gasteiger partial charge in [0.15, 0.2) is 0 Å². The maximum Gasteiger partial charge on any atom is 0.290 e. The third-order valence-electron chi connectivity index (χ3n) is 2.63. The van der Waals surface area contributed by atoms with Gasteiger partial charge in [-0.05, 0) is 12.5 Å². The molecule has 0 saturated heterocycles. The highest BCUT2D eigenvalue weighted by atomic mass is 16.6. The molecule has 1 aromatic carbocycles. The minimum absolute atomic E-state index is 0.125. The average Bonchev–Trinajstić information content (AvgIpc) is 2.38. The second-order valence-electron chi connectivity index (χ2n) is 4.69. The molecule has 0 saturated carbocycles. The largest absolute Gasteiger partial charge is 0.483 e. The Kier molecular flexibility index (Phi) is 7.36. The Morgan fingerprint density at radius 3 is 2.32 bits per heavy atom. The van der Waals surface area contributed by atoms with Gasteiger partial charge in [-0.2, -0.15) is 0 Å². The lowest BCUT2D eigenvalue weighted by Crippen LogP contribution is -2.42. The molecule has 2 N–H and O–H groups in total. The van der Waals surface area contributed by atoms with Gasteiger partial charge in [0, 0.05) is 24.8 Å². The fourth-order valence-corrected chi connectivity index (χ4v) is 1.33. The summed E-state index contributed by atoms with van der Waals surface area (Å²) in [5.41, 5.74) is 0.213. The van der Waals surface area contributed by atoms with Crippen molar-refractivity contribution >= 4 is 6.47 Å². The molecular weight excluding hydrogens is 248 g/mol. The molecule has 19 heavy (non-hydrogen) atoms. The Morgan fingerprint density at radius 2 is 1.89 bits per heavy atom. The summed E-state index contributed by atoms with van der Waals surface area (Å²) in [6, 6.07) is 10.0. The molecule has 0 aliphatic heterocycles. The first-order valence-electron chi connectivity index (χ1n) is 5.86. The molecule has 0 aromatic heterocycles. The average molecular weight is 268 g/mol. The monoisotopic (exact) mass is 268 g/mol. The molecule has 1 rings (SSSR count). The molecule has 6 nitrogen and oxygen atoms in total. The third-order valence-corrected chi connectivity index (χ3v) is 2.63. The summed E-state index contributed by atoms with van der Waals surface area (Å²) in [6.07, 6.45) is 0. The summed E-state index contributed by atoms with van der Waals surface area (Å²) >= 11 is 0. The van der Waals surface area contributed by atoms with Crippen molar-refractivity contribution in [3.63, 3.8) is 0 Å². The molecule has 0 radical (unpaired) electrons. The van der Waals surface area contributed by atoms with Crippen LogP contribution in [0.1, 0.15) is 32.4 Å². The van der Waals surface area contributed by atoms with E-state index in [0.717, 1.165) is 5.56 Å². The first-order chi connectivity index (χ1) is 8.85. The van der Waals surface area contributed by atoms with Crippen LogP contribution in [0.3, 0.4) is 0 Å². The molecule has 1 aromatic rings. The summed E-state index contributed by atoms with van der Waals surface area (Å²) in [5.74, 6) is 0. The molecule has 0 aliphatic carbocycles. The van der Waals surface area contributed by atoms with Crippen molar-refractivity contribution < 1.29 is 14.8 Å². The van der Waals surface area contributed by atoms with Crippen LogP contribution in [-0.2, 0) is 4.79 Å². The van der Waals surface area contributed by atoms with Gasteiger partial charge in [-0.25, -0.2) is 0 Å². The van der Waals surface area contributed by atoms with E-state index in [1.165, 1.54) is 0 Å². The van der Waals surface area contributed by atoms with Gasteiger partial charge in [0.1, 0.15) is 0 Å². The zero-order valence-electron chi connectivity index (χ0n) is 11.4. The second-order valence-corrected chi connectivity index (χ2v) is 4.69. The van der Waals surface area contributed by atoms with Crippen LogP contribution in [-0.4, -0.2) is 28.6 Å². The summed E-state index contributed by atoms with van der Waals surface area (Å²) in [4.78, 5) is 18.8. The molecule has 0 amide bonds. The van der Waals surface area contributed by atoms with Gasteiger partial charge in [-0.3, -0.25) is 14.9 Å². The molecule has 0 heterocycles. The van der Waals surface area contributed by atoms with Gasteiger partial charge in [0.2, 0.25) is 5.54 Å². The summed E-state index contributed by atoms with van der Waals surface area (Å²) < 4.78 is 0. The molecule has 106 valence electrons. The summed E-state index contributed by atoms with van der Waals surface area (Å²) in [7, 11) is 0. The number of nitrogens with one attached hydrogen (secondary N) is 1. The second kappa shape index (κ2) is 8.20. The fraction of sp³-hybridized carbons (Fsp3) is 0.462. The molecule has 1 atom stereocenters. The lowest BCUT2D eigenvalue weighted by atomic mass is 10.0. The van der Waals surface area contributed by atoms with Gasteiger partial charge in [0.05, 0.1) is 6.54 Å². The molecule has 0 aliphatic rings. The predicted octanol–water partition coefficient (Wildman–Crippen LogP) is 2.09. The minimum Gasteiger partial charge on any atom is -0.483 e. The number of hydrogen-bond donors (Lipinski definition) is 2. The van der Waals surface area contributed by atoms with Crippen molar-refractivity contribution in [1.29, 1.82) is 0 Å². The maximum absolute atomic E-state index is 10.7. The highest BCUT2D eigenvalue weighted by molar-refractivity contribution is 5.32. The van der Waals surface area contributed by atoms with E-state index in [2.05, 4.69) is 5.32 Å². The van der Waals surface area contributed by atoms with Crippen LogP contribution in [0.2, 0.25) is 0 Å². The van der Waals surface area contributed by atoms with E-state index < -0.39 is 5.54 Å². The van der Waals surface area contributed by atoms with Crippen LogP contribution in [0.4, 0.5) is 0 Å². The molecule has 0 bridgehead atoms. The van der Waals surface area contributed by atoms with Crippen molar-refractivity contribution in [2.75, 3.05) is 6.54 Å². The van der Waals surface area contributed by atoms with E-state index in [9.17, 15) is 10.1 Å². The fourth-order valence-electron chi connectivity index (χ4n) is 1.33. The van der Waals surface area contributed by atoms with E-state index in [-0.39, 0.29) is 17.4 Å². The molecule has 0 unspecified atom stereocenters. The Bertz CT molecular complexity index is 393. The van der Waals surface area contributed by atoms with Gasteiger partial charge < -0.3 is 10.4 Å². The third kappa shape index (κ3) is 6.52. The Labute approximate surface area is 112 Å². The van der Waals surface area contributed by atoms with Gasteiger partial charge in [-0.15, -0.1) is 0 Å². The van der Waals surface area contributed by atoms with Crippen LogP contribution in [0, 0.1) is 10.1 Å². The lowest BCUT2D eigenvalue weighted by Gasteiger charge is -2.20. The number of rotatable bonds is 5. The smallest absolute Gasteiger partial charge is 0.290 e. The van der Waals surface area contributed by atoms with Gasteiger partial charge in [-0.1, -0.05) is 30.3 Å². The van der Waals surface area contributed by atoms with Crippen LogP contribution in [0.15, 0.2) is 30.3 Å².